The van der Waals surface area contributed by atoms with Crippen molar-refractivity contribution in [2.45, 2.75) is 37.3 Å². The van der Waals surface area contributed by atoms with E-state index in [-0.39, 0.29) is 36.1 Å². The van der Waals surface area contributed by atoms with Crippen LogP contribution in [0.3, 0.4) is 0 Å². The molecular weight excluding hydrogens is 464 g/mol. The fourth-order valence-corrected chi connectivity index (χ4v) is 5.31. The number of aliphatic hydroxyl groups excluding tert-OH is 1. The summed E-state index contributed by atoms with van der Waals surface area (Å²) >= 11 is 0. The first-order valence-electron chi connectivity index (χ1n) is 10.9. The van der Waals surface area contributed by atoms with Gasteiger partial charge in [0.25, 0.3) is 0 Å². The van der Waals surface area contributed by atoms with Crippen molar-refractivity contribution >= 4 is 16.1 Å². The molecule has 11 heteroatoms. The quantitative estimate of drug-likeness (QED) is 0.438. The van der Waals surface area contributed by atoms with Gasteiger partial charge in [0, 0.05) is 19.2 Å². The van der Waals surface area contributed by atoms with Gasteiger partial charge >= 0.3 is 0 Å². The number of hydrogen-bond donors (Lipinski definition) is 3. The molecular formula is C23H29N2O8S-. The van der Waals surface area contributed by atoms with E-state index in [0.29, 0.717) is 30.3 Å². The maximum Gasteiger partial charge on any atom is 0.243 e. The van der Waals surface area contributed by atoms with Crippen LogP contribution < -0.4 is 19.9 Å². The smallest absolute Gasteiger partial charge is 0.243 e. The summed E-state index contributed by atoms with van der Waals surface area (Å²) in [5.41, 5.74) is 0.640. The molecule has 0 bridgehead atoms. The second-order valence-electron chi connectivity index (χ2n) is 8.50. The minimum Gasteiger partial charge on any atom is -0.530 e. The second kappa shape index (κ2) is 10.9. The van der Waals surface area contributed by atoms with Gasteiger partial charge in [-0.05, 0) is 42.2 Å². The fraction of sp³-hybridized carbons (Fsp3) is 0.435. The molecule has 1 heterocycles. The second-order valence-corrected chi connectivity index (χ2v) is 10.4. The Bertz CT molecular complexity index is 1090. The summed E-state index contributed by atoms with van der Waals surface area (Å²) in [6.45, 7) is 4.11. The Kier molecular flexibility index (Phi) is 8.24. The maximum atomic E-state index is 13.5. The van der Waals surface area contributed by atoms with Crippen molar-refractivity contribution in [3.05, 3.63) is 48.0 Å². The molecule has 3 rings (SSSR count). The zero-order valence-corrected chi connectivity index (χ0v) is 19.8. The lowest BCUT2D eigenvalue weighted by Gasteiger charge is -2.31. The predicted octanol–water partition coefficient (Wildman–Crippen LogP) is 0.715. The van der Waals surface area contributed by atoms with Crippen molar-refractivity contribution in [3.63, 3.8) is 0 Å². The molecule has 34 heavy (non-hydrogen) atoms. The van der Waals surface area contributed by atoms with E-state index < -0.39 is 28.3 Å². The molecule has 0 spiro atoms. The monoisotopic (exact) mass is 493 g/mol. The number of hydrogen-bond acceptors (Lipinski definition) is 8. The first-order valence-corrected chi connectivity index (χ1v) is 12.3. The number of ether oxygens (including phenoxy) is 2. The number of sulfonamides is 1. The molecule has 0 radical (unpaired) electrons. The summed E-state index contributed by atoms with van der Waals surface area (Å²) in [4.78, 5) is 11.2. The van der Waals surface area contributed by atoms with Crippen LogP contribution in [-0.4, -0.2) is 67.5 Å². The first kappa shape index (κ1) is 25.6. The Balaban J connectivity index is 1.85. The molecule has 0 saturated carbocycles. The number of nitrogens with one attached hydrogen (secondary N) is 1. The third-order valence-electron chi connectivity index (χ3n) is 5.27. The summed E-state index contributed by atoms with van der Waals surface area (Å²) in [7, 11) is -4.05. The number of aromatic hydroxyl groups is 1. The topological polar surface area (TPSA) is 148 Å². The van der Waals surface area contributed by atoms with Crippen molar-refractivity contribution in [1.29, 1.82) is 0 Å². The van der Waals surface area contributed by atoms with E-state index in [1.807, 2.05) is 13.8 Å². The van der Waals surface area contributed by atoms with Crippen LogP contribution in [0.5, 0.6) is 17.2 Å². The first-order chi connectivity index (χ1) is 16.1. The highest BCUT2D eigenvalue weighted by molar-refractivity contribution is 7.89. The SMILES string of the molecule is CC(C)CN(C[C@@H](O)[C@H](Cc1ccc(O)cc1)NC(=O)[O-])S(=O)(=O)c1ccc2c(c1)OCCO2. The summed E-state index contributed by atoms with van der Waals surface area (Å²) in [6.07, 6.45) is -2.90. The Morgan fingerprint density at radius 3 is 2.35 bits per heavy atom. The Morgan fingerprint density at radius 1 is 1.09 bits per heavy atom. The summed E-state index contributed by atoms with van der Waals surface area (Å²) < 4.78 is 39.0. The number of carbonyl (C=O) groups is 1. The third kappa shape index (κ3) is 6.52. The Hall–Kier alpha value is -3.02. The Morgan fingerprint density at radius 2 is 1.74 bits per heavy atom. The number of fused-ring (bicyclic) bond motifs is 1. The van der Waals surface area contributed by atoms with E-state index in [1.54, 1.807) is 12.1 Å². The average molecular weight is 494 g/mol. The number of aliphatic hydroxyl groups is 1. The van der Waals surface area contributed by atoms with Crippen LogP contribution >= 0.6 is 0 Å². The third-order valence-corrected chi connectivity index (χ3v) is 7.10. The lowest BCUT2D eigenvalue weighted by Crippen LogP contribution is -2.53. The fourth-order valence-electron chi connectivity index (χ4n) is 3.67. The van der Waals surface area contributed by atoms with Gasteiger partial charge in [-0.15, -0.1) is 0 Å². The molecule has 2 aromatic rings. The van der Waals surface area contributed by atoms with Gasteiger partial charge in [0.1, 0.15) is 25.1 Å². The summed E-state index contributed by atoms with van der Waals surface area (Å²) in [5, 5.41) is 33.8. The summed E-state index contributed by atoms with van der Waals surface area (Å²) in [6, 6.07) is 9.33. The van der Waals surface area contributed by atoms with Crippen LogP contribution in [0, 0.1) is 5.92 Å². The lowest BCUT2D eigenvalue weighted by molar-refractivity contribution is -0.252. The number of phenolic OH excluding ortho intramolecular Hbond substituents is 1. The Labute approximate surface area is 198 Å². The molecule has 0 saturated heterocycles. The number of amides is 1. The number of phenols is 1. The van der Waals surface area contributed by atoms with E-state index in [1.165, 1.54) is 30.3 Å². The molecule has 10 nitrogen and oxygen atoms in total. The van der Waals surface area contributed by atoms with E-state index >= 15 is 0 Å². The number of rotatable bonds is 10. The molecule has 1 aliphatic heterocycles. The van der Waals surface area contributed by atoms with Crippen LogP contribution in [0.4, 0.5) is 4.79 Å². The molecule has 186 valence electrons. The lowest BCUT2D eigenvalue weighted by atomic mass is 10.0. The van der Waals surface area contributed by atoms with Crippen LogP contribution in [0.15, 0.2) is 47.4 Å². The van der Waals surface area contributed by atoms with Crippen molar-refractivity contribution in [2.24, 2.45) is 5.92 Å². The number of benzene rings is 2. The highest BCUT2D eigenvalue weighted by Crippen LogP contribution is 2.33. The van der Waals surface area contributed by atoms with E-state index in [9.17, 15) is 28.5 Å². The van der Waals surface area contributed by atoms with Crippen molar-refractivity contribution in [3.8, 4) is 17.2 Å². The number of carbonyl (C=O) groups excluding carboxylic acids is 1. The number of nitrogens with zero attached hydrogens (tertiary/aromatic N) is 1. The highest BCUT2D eigenvalue weighted by atomic mass is 32.2. The predicted molar refractivity (Wildman–Crippen MR) is 121 cm³/mol. The molecule has 0 fully saturated rings. The van der Waals surface area contributed by atoms with E-state index in [2.05, 4.69) is 5.32 Å². The average Bonchev–Trinajstić information content (AvgIpc) is 2.78. The van der Waals surface area contributed by atoms with Gasteiger partial charge in [0.15, 0.2) is 11.5 Å². The van der Waals surface area contributed by atoms with Gasteiger partial charge in [0.2, 0.25) is 10.0 Å². The minimum atomic E-state index is -4.05. The number of carboxylic acid groups (broad SMARTS) is 1. The zero-order valence-electron chi connectivity index (χ0n) is 19.0. The molecule has 0 aromatic heterocycles. The van der Waals surface area contributed by atoms with Gasteiger partial charge < -0.3 is 34.9 Å². The summed E-state index contributed by atoms with van der Waals surface area (Å²) in [5.74, 6) is 0.750. The van der Waals surface area contributed by atoms with Gasteiger partial charge in [-0.2, -0.15) is 4.31 Å². The van der Waals surface area contributed by atoms with Crippen molar-refractivity contribution in [2.75, 3.05) is 26.3 Å². The normalized spacial score (nSPS) is 15.2. The molecule has 3 N–H and O–H groups in total. The van der Waals surface area contributed by atoms with Gasteiger partial charge in [-0.3, -0.25) is 0 Å². The molecule has 2 aromatic carbocycles. The van der Waals surface area contributed by atoms with Crippen LogP contribution in [-0.2, 0) is 16.4 Å². The highest BCUT2D eigenvalue weighted by Gasteiger charge is 2.31. The van der Waals surface area contributed by atoms with Crippen LogP contribution in [0.25, 0.3) is 0 Å². The van der Waals surface area contributed by atoms with Crippen LogP contribution in [0.2, 0.25) is 0 Å². The van der Waals surface area contributed by atoms with Crippen molar-refractivity contribution < 1.29 is 38.0 Å². The largest absolute Gasteiger partial charge is 0.530 e. The van der Waals surface area contributed by atoms with Gasteiger partial charge in [-0.1, -0.05) is 26.0 Å². The molecule has 1 aliphatic rings. The van der Waals surface area contributed by atoms with Gasteiger partial charge in [0.05, 0.1) is 17.0 Å². The standard InChI is InChI=1S/C23H30N2O8S/c1-15(2)13-25(34(30,31)18-7-8-21-22(12-18)33-10-9-32-21)14-20(27)19(24-23(28)29)11-16-3-5-17(26)6-4-16/h3-8,12,15,19-20,24,26-27H,9-11,13-14H2,1-2H3,(H,28,29)/p-1/t19-,20+/m0/s1. The minimum absolute atomic E-state index is 0.0208. The molecule has 2 atom stereocenters. The maximum absolute atomic E-state index is 13.5. The molecule has 0 unspecified atom stereocenters. The molecule has 0 aliphatic carbocycles. The molecule has 1 amide bonds. The van der Waals surface area contributed by atoms with Crippen LogP contribution in [0.1, 0.15) is 19.4 Å². The van der Waals surface area contributed by atoms with E-state index in [4.69, 9.17) is 9.47 Å². The van der Waals surface area contributed by atoms with Crippen molar-refractivity contribution in [1.82, 2.24) is 9.62 Å². The van der Waals surface area contributed by atoms with Gasteiger partial charge in [-0.25, -0.2) is 8.42 Å². The zero-order chi connectivity index (χ0) is 24.9. The van der Waals surface area contributed by atoms with E-state index in [0.717, 1.165) is 4.31 Å².